The van der Waals surface area contributed by atoms with Crippen molar-refractivity contribution >= 4 is 58.6 Å². The highest BCUT2D eigenvalue weighted by molar-refractivity contribution is 7.93. The number of fused-ring (bicyclic) bond motifs is 3. The van der Waals surface area contributed by atoms with Crippen molar-refractivity contribution in [1.29, 1.82) is 0 Å². The Kier molecular flexibility index (Phi) is 6.68. The Balaban J connectivity index is 1.50. The normalized spacial score (nSPS) is 15.9. The topological polar surface area (TPSA) is 120 Å². The van der Waals surface area contributed by atoms with Crippen LogP contribution in [0.1, 0.15) is 18.4 Å². The number of hydrogen-bond acceptors (Lipinski definition) is 7. The Hall–Kier alpha value is -4.32. The third-order valence-corrected chi connectivity index (χ3v) is 10.9. The van der Waals surface area contributed by atoms with Gasteiger partial charge in [-0.2, -0.15) is 0 Å². The average molecular weight is 613 g/mol. The van der Waals surface area contributed by atoms with Gasteiger partial charge in [-0.15, -0.1) is 0 Å². The molecular formula is C32H28N4O5S2. The summed E-state index contributed by atoms with van der Waals surface area (Å²) in [5, 5.41) is 1.63. The van der Waals surface area contributed by atoms with Gasteiger partial charge in [-0.1, -0.05) is 60.2 Å². The predicted octanol–water partition coefficient (Wildman–Crippen LogP) is 5.86. The fourth-order valence-corrected chi connectivity index (χ4v) is 8.27. The van der Waals surface area contributed by atoms with E-state index in [9.17, 15) is 16.8 Å². The molecule has 1 atom stereocenters. The van der Waals surface area contributed by atoms with Crippen molar-refractivity contribution < 1.29 is 21.6 Å². The summed E-state index contributed by atoms with van der Waals surface area (Å²) in [7, 11) is -8.53. The largest absolute Gasteiger partial charge is 0.376 e. The van der Waals surface area contributed by atoms with Gasteiger partial charge in [0.05, 0.1) is 33.5 Å². The second-order valence-electron chi connectivity index (χ2n) is 10.7. The van der Waals surface area contributed by atoms with Gasteiger partial charge >= 0.3 is 0 Å². The standard InChI is InChI=1S/C32H28N4O5S2/c1-21-12-15-25(16-13-21)42(37,38)30-29-31(34-28-11-5-4-10-27(28)33-29)36(20-24-9-6-18-41-24)32(30)35-43(39,40)26-17-14-22-7-2-3-8-23(22)19-26/h2-5,7-8,10-17,19,24,35H,6,9,18,20H2,1H3/t24-/m1/s1. The number of nitrogens with one attached hydrogen (secondary N) is 1. The van der Waals surface area contributed by atoms with Crippen molar-refractivity contribution in [2.45, 2.75) is 47.1 Å². The Labute approximate surface area is 249 Å². The minimum atomic E-state index is -4.27. The van der Waals surface area contributed by atoms with Gasteiger partial charge in [-0.05, 0) is 66.9 Å². The van der Waals surface area contributed by atoms with E-state index in [0.717, 1.165) is 29.2 Å². The molecule has 1 aliphatic heterocycles. The van der Waals surface area contributed by atoms with Crippen LogP contribution in [0.2, 0.25) is 0 Å². The van der Waals surface area contributed by atoms with Gasteiger partial charge in [0.2, 0.25) is 9.84 Å². The zero-order valence-electron chi connectivity index (χ0n) is 23.3. The Morgan fingerprint density at radius 1 is 0.837 bits per heavy atom. The van der Waals surface area contributed by atoms with E-state index in [4.69, 9.17) is 14.7 Å². The van der Waals surface area contributed by atoms with Crippen molar-refractivity contribution in [2.24, 2.45) is 0 Å². The third kappa shape index (κ3) is 4.93. The first-order valence-electron chi connectivity index (χ1n) is 13.9. The number of anilines is 1. The lowest BCUT2D eigenvalue weighted by Crippen LogP contribution is -2.21. The number of hydrogen-bond donors (Lipinski definition) is 1. The highest BCUT2D eigenvalue weighted by Gasteiger charge is 2.35. The number of ether oxygens (including phenoxy) is 1. The lowest BCUT2D eigenvalue weighted by atomic mass is 10.1. The molecule has 0 radical (unpaired) electrons. The van der Waals surface area contributed by atoms with Crippen molar-refractivity contribution in [2.75, 3.05) is 11.3 Å². The molecule has 4 aromatic carbocycles. The van der Waals surface area contributed by atoms with Crippen molar-refractivity contribution in [1.82, 2.24) is 14.5 Å². The predicted molar refractivity (Wildman–Crippen MR) is 165 cm³/mol. The fourth-order valence-electron chi connectivity index (χ4n) is 5.55. The van der Waals surface area contributed by atoms with Gasteiger partial charge in [0, 0.05) is 6.61 Å². The fraction of sp³-hybridized carbons (Fsp3) is 0.188. The Morgan fingerprint density at radius 3 is 2.23 bits per heavy atom. The van der Waals surface area contributed by atoms with E-state index >= 15 is 0 Å². The summed E-state index contributed by atoms with van der Waals surface area (Å²) >= 11 is 0. The van der Waals surface area contributed by atoms with Crippen LogP contribution < -0.4 is 4.72 Å². The minimum absolute atomic E-state index is 0.00452. The van der Waals surface area contributed by atoms with Crippen LogP contribution in [0.3, 0.4) is 0 Å². The monoisotopic (exact) mass is 612 g/mol. The van der Waals surface area contributed by atoms with Crippen LogP contribution in [0.25, 0.3) is 33.0 Å². The summed E-state index contributed by atoms with van der Waals surface area (Å²) in [6, 6.07) is 25.9. The molecule has 0 aliphatic carbocycles. The number of sulfonamides is 1. The minimum Gasteiger partial charge on any atom is -0.376 e. The van der Waals surface area contributed by atoms with Crippen LogP contribution in [-0.4, -0.2) is 44.1 Å². The summed E-state index contributed by atoms with van der Waals surface area (Å²) in [4.78, 5) is 9.34. The Bertz CT molecular complexity index is 2240. The Morgan fingerprint density at radius 2 is 1.51 bits per heavy atom. The second-order valence-corrected chi connectivity index (χ2v) is 14.3. The van der Waals surface area contributed by atoms with E-state index in [2.05, 4.69) is 4.72 Å². The van der Waals surface area contributed by atoms with E-state index in [-0.39, 0.29) is 44.3 Å². The van der Waals surface area contributed by atoms with E-state index in [0.29, 0.717) is 17.6 Å². The highest BCUT2D eigenvalue weighted by atomic mass is 32.2. The van der Waals surface area contributed by atoms with Gasteiger partial charge in [-0.25, -0.2) is 26.8 Å². The molecule has 0 saturated carbocycles. The maximum Gasteiger partial charge on any atom is 0.263 e. The molecule has 7 rings (SSSR count). The molecule has 1 N–H and O–H groups in total. The maximum atomic E-state index is 14.4. The van der Waals surface area contributed by atoms with E-state index < -0.39 is 19.9 Å². The van der Waals surface area contributed by atoms with Gasteiger partial charge in [0.1, 0.15) is 16.2 Å². The molecule has 43 heavy (non-hydrogen) atoms. The van der Waals surface area contributed by atoms with Crippen LogP contribution in [0.4, 0.5) is 5.82 Å². The summed E-state index contributed by atoms with van der Waals surface area (Å²) in [5.41, 5.74) is 2.30. The molecule has 1 fully saturated rings. The van der Waals surface area contributed by atoms with Crippen LogP contribution >= 0.6 is 0 Å². The summed E-state index contributed by atoms with van der Waals surface area (Å²) < 4.78 is 67.0. The number of benzene rings is 4. The second kappa shape index (κ2) is 10.4. The smallest absolute Gasteiger partial charge is 0.263 e. The molecule has 0 amide bonds. The number of rotatable bonds is 7. The van der Waals surface area contributed by atoms with E-state index in [1.807, 2.05) is 37.3 Å². The summed E-state index contributed by atoms with van der Waals surface area (Å²) in [6.07, 6.45) is 1.35. The zero-order chi connectivity index (χ0) is 29.8. The molecule has 0 bridgehead atoms. The first-order chi connectivity index (χ1) is 20.7. The molecule has 2 aromatic heterocycles. The molecule has 11 heteroatoms. The third-order valence-electron chi connectivity index (χ3n) is 7.78. The lowest BCUT2D eigenvalue weighted by molar-refractivity contribution is 0.0983. The molecular weight excluding hydrogens is 585 g/mol. The molecule has 1 saturated heterocycles. The first kappa shape index (κ1) is 27.5. The van der Waals surface area contributed by atoms with Crippen molar-refractivity contribution in [3.05, 3.63) is 96.6 Å². The van der Waals surface area contributed by atoms with E-state index in [1.165, 1.54) is 18.2 Å². The zero-order valence-corrected chi connectivity index (χ0v) is 24.9. The molecule has 9 nitrogen and oxygen atoms in total. The van der Waals surface area contributed by atoms with Crippen LogP contribution in [0.15, 0.2) is 106 Å². The van der Waals surface area contributed by atoms with Crippen LogP contribution in [-0.2, 0) is 31.1 Å². The molecule has 3 heterocycles. The average Bonchev–Trinajstić information content (AvgIpc) is 3.62. The molecule has 0 spiro atoms. The number of para-hydroxylation sites is 2. The molecule has 218 valence electrons. The molecule has 0 unspecified atom stereocenters. The first-order valence-corrected chi connectivity index (χ1v) is 16.9. The SMILES string of the molecule is Cc1ccc(S(=O)(=O)c2c(NS(=O)(=O)c3ccc4ccccc4c3)n(C[C@H]3CCCO3)c3nc4ccccc4nc23)cc1. The van der Waals surface area contributed by atoms with Crippen LogP contribution in [0.5, 0.6) is 0 Å². The number of aromatic nitrogens is 3. The van der Waals surface area contributed by atoms with Crippen molar-refractivity contribution in [3.8, 4) is 0 Å². The van der Waals surface area contributed by atoms with Gasteiger partial charge in [0.25, 0.3) is 10.0 Å². The highest BCUT2D eigenvalue weighted by Crippen LogP contribution is 2.39. The number of aryl methyl sites for hydroxylation is 1. The molecule has 6 aromatic rings. The lowest BCUT2D eigenvalue weighted by Gasteiger charge is -2.17. The number of sulfone groups is 1. The van der Waals surface area contributed by atoms with E-state index in [1.54, 1.807) is 47.0 Å². The van der Waals surface area contributed by atoms with Gasteiger partial charge in [-0.3, -0.25) is 4.72 Å². The number of nitrogens with zero attached hydrogens (tertiary/aromatic N) is 3. The maximum absolute atomic E-state index is 14.4. The van der Waals surface area contributed by atoms with Crippen molar-refractivity contribution in [3.63, 3.8) is 0 Å². The summed E-state index contributed by atoms with van der Waals surface area (Å²) in [6.45, 7) is 2.64. The summed E-state index contributed by atoms with van der Waals surface area (Å²) in [5.74, 6) is -0.116. The quantitative estimate of drug-likeness (QED) is 0.240. The van der Waals surface area contributed by atoms with Gasteiger partial charge < -0.3 is 9.30 Å². The van der Waals surface area contributed by atoms with Gasteiger partial charge in [0.15, 0.2) is 5.65 Å². The van der Waals surface area contributed by atoms with Crippen LogP contribution in [0, 0.1) is 6.92 Å². The molecule has 1 aliphatic rings.